The first kappa shape index (κ1) is 23.3. The summed E-state index contributed by atoms with van der Waals surface area (Å²) in [5, 5.41) is 5.60. The molecule has 45 heavy (non-hydrogen) atoms. The van der Waals surface area contributed by atoms with E-state index in [2.05, 4.69) is 102 Å². The number of anilines is 2. The van der Waals surface area contributed by atoms with Gasteiger partial charge in [-0.3, -0.25) is 0 Å². The standard InChI is InChI=1S/C41H36BNOSi/c1-26-18-33-38-35(19-26)44-34-15-9-17-37-40(34)42(38)39-32(43(33)41-23-27-20-28(24-41)22-29(21-27)25-41)14-8-16-36(39)45(37,30-10-4-2-5-11-30)31-12-6-3-7-13-31/h2-19,27-29H,20-25H2,1H3/i18D,19D. The van der Waals surface area contributed by atoms with Crippen LogP contribution in [0.3, 0.4) is 0 Å². The molecule has 0 saturated heterocycles. The highest BCUT2D eigenvalue weighted by Crippen LogP contribution is 2.60. The topological polar surface area (TPSA) is 12.5 Å². The lowest BCUT2D eigenvalue weighted by Crippen LogP contribution is -2.88. The second-order valence-electron chi connectivity index (χ2n) is 14.9. The van der Waals surface area contributed by atoms with Crippen molar-refractivity contribution in [2.24, 2.45) is 17.8 Å². The summed E-state index contributed by atoms with van der Waals surface area (Å²) in [6, 6.07) is 37.2. The molecule has 3 aliphatic heterocycles. The number of nitrogens with zero attached hydrogens (tertiary/aromatic N) is 1. The molecule has 0 N–H and O–H groups in total. The maximum Gasteiger partial charge on any atom is 0.256 e. The lowest BCUT2D eigenvalue weighted by molar-refractivity contribution is 0.000631. The van der Waals surface area contributed by atoms with Gasteiger partial charge in [0.2, 0.25) is 0 Å². The van der Waals surface area contributed by atoms with Crippen molar-refractivity contribution in [1.29, 1.82) is 0 Å². The first-order chi connectivity index (χ1) is 23.0. The summed E-state index contributed by atoms with van der Waals surface area (Å²) in [4.78, 5) is 2.71. The van der Waals surface area contributed by atoms with Gasteiger partial charge in [-0.25, -0.2) is 0 Å². The molecule has 4 saturated carbocycles. The predicted molar refractivity (Wildman–Crippen MR) is 189 cm³/mol. The second kappa shape index (κ2) is 8.61. The smallest absolute Gasteiger partial charge is 0.256 e. The molecule has 4 fully saturated rings. The third-order valence-electron chi connectivity index (χ3n) is 12.5. The van der Waals surface area contributed by atoms with Crippen LogP contribution in [0.5, 0.6) is 11.5 Å². The van der Waals surface area contributed by atoms with E-state index in [0.717, 1.165) is 40.2 Å². The van der Waals surface area contributed by atoms with Crippen LogP contribution in [0.25, 0.3) is 0 Å². The van der Waals surface area contributed by atoms with Gasteiger partial charge in [-0.1, -0.05) is 84.9 Å². The van der Waals surface area contributed by atoms with Gasteiger partial charge in [0.05, 0.1) is 2.74 Å². The zero-order chi connectivity index (χ0) is 31.2. The van der Waals surface area contributed by atoms with Crippen molar-refractivity contribution in [1.82, 2.24) is 0 Å². The van der Waals surface area contributed by atoms with Crippen LogP contribution in [0.4, 0.5) is 11.4 Å². The van der Waals surface area contributed by atoms with Crippen molar-refractivity contribution in [2.45, 2.75) is 51.0 Å². The Labute approximate surface area is 270 Å². The summed E-state index contributed by atoms with van der Waals surface area (Å²) in [6.45, 7) is 1.91. The number of hydrogen-bond acceptors (Lipinski definition) is 2. The van der Waals surface area contributed by atoms with Crippen molar-refractivity contribution in [3.8, 4) is 11.5 Å². The molecule has 218 valence electrons. The summed E-state index contributed by atoms with van der Waals surface area (Å²) in [5.41, 5.74) is 6.79. The van der Waals surface area contributed by atoms with Gasteiger partial charge >= 0.3 is 0 Å². The Kier molecular flexibility index (Phi) is 4.47. The molecule has 0 unspecified atom stereocenters. The fraction of sp³-hybridized carbons (Fsp3) is 0.268. The summed E-state index contributed by atoms with van der Waals surface area (Å²) in [5.74, 6) is 3.86. The third-order valence-corrected chi connectivity index (χ3v) is 17.4. The quantitative estimate of drug-likeness (QED) is 0.273. The lowest BCUT2D eigenvalue weighted by atomic mass is 9.33. The van der Waals surface area contributed by atoms with E-state index in [4.69, 9.17) is 4.74 Å². The number of benzene rings is 5. The summed E-state index contributed by atoms with van der Waals surface area (Å²) >= 11 is 0. The highest BCUT2D eigenvalue weighted by Gasteiger charge is 2.60. The fourth-order valence-electron chi connectivity index (χ4n) is 11.6. The molecule has 0 atom stereocenters. The SMILES string of the molecule is [2H]c1c(C)c([2H])c2c3c1Oc1cccc4c1B3c1c(cccc1[Si]4(c1ccccc1)c1ccccc1)N2C12CC3CC(CC(C3)C1)C2. The van der Waals surface area contributed by atoms with Crippen LogP contribution in [0.15, 0.2) is 109 Å². The molecular formula is C41H36BNOSi. The van der Waals surface area contributed by atoms with Crippen LogP contribution < -0.4 is 46.8 Å². The normalized spacial score (nSPS) is 27.4. The molecule has 7 aliphatic rings. The van der Waals surface area contributed by atoms with Crippen LogP contribution in [0, 0.1) is 24.7 Å². The minimum Gasteiger partial charge on any atom is -0.458 e. The Morgan fingerprint density at radius 1 is 0.667 bits per heavy atom. The zero-order valence-corrected chi connectivity index (χ0v) is 26.6. The van der Waals surface area contributed by atoms with E-state index in [1.54, 1.807) is 0 Å². The molecule has 4 bridgehead atoms. The van der Waals surface area contributed by atoms with E-state index < -0.39 is 8.07 Å². The molecule has 3 heterocycles. The summed E-state index contributed by atoms with van der Waals surface area (Å²) < 4.78 is 26.1. The lowest BCUT2D eigenvalue weighted by Gasteiger charge is -2.63. The Balaban J connectivity index is 1.32. The highest BCUT2D eigenvalue weighted by atomic mass is 28.3. The molecule has 0 spiro atoms. The van der Waals surface area contributed by atoms with Gasteiger partial charge in [-0.15, -0.1) is 0 Å². The van der Waals surface area contributed by atoms with E-state index in [1.165, 1.54) is 75.9 Å². The maximum absolute atomic E-state index is 9.77. The van der Waals surface area contributed by atoms with Crippen LogP contribution in [-0.4, -0.2) is 20.3 Å². The Morgan fingerprint density at radius 3 is 1.91 bits per heavy atom. The fourth-order valence-corrected chi connectivity index (χ4v) is 16.9. The molecule has 5 aromatic rings. The van der Waals surface area contributed by atoms with Crippen molar-refractivity contribution in [3.63, 3.8) is 0 Å². The third kappa shape index (κ3) is 3.07. The van der Waals surface area contributed by atoms with E-state index >= 15 is 0 Å². The Hall–Kier alpha value is -4.02. The first-order valence-corrected chi connectivity index (χ1v) is 19.0. The van der Waals surface area contributed by atoms with Crippen molar-refractivity contribution < 1.29 is 7.48 Å². The average Bonchev–Trinajstić information content (AvgIpc) is 3.09. The molecule has 12 rings (SSSR count). The maximum atomic E-state index is 9.77. The van der Waals surface area contributed by atoms with Gasteiger partial charge in [-0.05, 0) is 130 Å². The zero-order valence-electron chi connectivity index (χ0n) is 27.6. The molecule has 5 aromatic carbocycles. The van der Waals surface area contributed by atoms with Gasteiger partial charge in [0.15, 0.2) is 8.07 Å². The van der Waals surface area contributed by atoms with Crippen LogP contribution >= 0.6 is 0 Å². The molecule has 4 aliphatic carbocycles. The Bertz CT molecular complexity index is 2090. The monoisotopic (exact) mass is 599 g/mol. The predicted octanol–water partition coefficient (Wildman–Crippen LogP) is 4.73. The van der Waals surface area contributed by atoms with E-state index in [0.29, 0.717) is 17.8 Å². The molecule has 0 radical (unpaired) electrons. The highest BCUT2D eigenvalue weighted by molar-refractivity contribution is 7.27. The molecule has 0 amide bonds. The van der Waals surface area contributed by atoms with Gasteiger partial charge in [0, 0.05) is 16.9 Å². The van der Waals surface area contributed by atoms with Crippen molar-refractivity contribution >= 4 is 63.3 Å². The number of rotatable bonds is 3. The first-order valence-electron chi connectivity index (χ1n) is 18.0. The molecule has 2 nitrogen and oxygen atoms in total. The minimum atomic E-state index is -2.81. The van der Waals surface area contributed by atoms with E-state index in [-0.39, 0.29) is 12.3 Å². The van der Waals surface area contributed by atoms with Crippen LogP contribution in [0.1, 0.15) is 46.8 Å². The average molecular weight is 600 g/mol. The number of ether oxygens (including phenoxy) is 1. The summed E-state index contributed by atoms with van der Waals surface area (Å²) in [6.07, 6.45) is 7.72. The van der Waals surface area contributed by atoms with Crippen LogP contribution in [-0.2, 0) is 0 Å². The molecular weight excluding hydrogens is 561 g/mol. The van der Waals surface area contributed by atoms with Crippen molar-refractivity contribution in [2.75, 3.05) is 4.90 Å². The number of hydrogen-bond donors (Lipinski definition) is 0. The van der Waals surface area contributed by atoms with Gasteiger partial charge in [0.25, 0.3) is 6.71 Å². The van der Waals surface area contributed by atoms with Crippen molar-refractivity contribution in [3.05, 3.63) is 115 Å². The van der Waals surface area contributed by atoms with Crippen LogP contribution in [0.2, 0.25) is 0 Å². The largest absolute Gasteiger partial charge is 0.458 e. The minimum absolute atomic E-state index is 0.00461. The van der Waals surface area contributed by atoms with Gasteiger partial charge in [0.1, 0.15) is 11.5 Å². The second-order valence-corrected chi connectivity index (χ2v) is 18.6. The molecule has 0 aromatic heterocycles. The van der Waals surface area contributed by atoms with Gasteiger partial charge < -0.3 is 9.64 Å². The van der Waals surface area contributed by atoms with E-state index in [9.17, 15) is 2.74 Å². The summed E-state index contributed by atoms with van der Waals surface area (Å²) in [7, 11) is -2.81. The molecule has 4 heteroatoms. The van der Waals surface area contributed by atoms with E-state index in [1.807, 2.05) is 6.92 Å². The Morgan fingerprint density at radius 2 is 1.27 bits per heavy atom. The van der Waals surface area contributed by atoms with Gasteiger partial charge in [-0.2, -0.15) is 0 Å².